The SMILES string of the molecule is CN(CCCc1cnn(C)c1)C(=O)[C@@H](c1cccnc1)N1CCOCC1. The van der Waals surface area contributed by atoms with Gasteiger partial charge in [-0.25, -0.2) is 0 Å². The van der Waals surface area contributed by atoms with Crippen LogP contribution in [0.2, 0.25) is 0 Å². The molecular formula is C19H27N5O2. The zero-order valence-corrected chi connectivity index (χ0v) is 15.5. The number of morpholine rings is 1. The van der Waals surface area contributed by atoms with Crippen LogP contribution in [0.3, 0.4) is 0 Å². The molecular weight excluding hydrogens is 330 g/mol. The van der Waals surface area contributed by atoms with Gasteiger partial charge in [0, 0.05) is 52.3 Å². The number of carbonyl (C=O) groups is 1. The van der Waals surface area contributed by atoms with E-state index in [4.69, 9.17) is 4.74 Å². The average molecular weight is 357 g/mol. The Balaban J connectivity index is 1.63. The molecule has 1 aliphatic rings. The van der Waals surface area contributed by atoms with Gasteiger partial charge < -0.3 is 9.64 Å². The highest BCUT2D eigenvalue weighted by Crippen LogP contribution is 2.23. The average Bonchev–Trinajstić information content (AvgIpc) is 3.08. The minimum Gasteiger partial charge on any atom is -0.379 e. The highest BCUT2D eigenvalue weighted by atomic mass is 16.5. The molecule has 0 bridgehead atoms. The lowest BCUT2D eigenvalue weighted by Crippen LogP contribution is -2.46. The van der Waals surface area contributed by atoms with Gasteiger partial charge >= 0.3 is 0 Å². The third kappa shape index (κ3) is 4.68. The molecule has 2 aromatic heterocycles. The van der Waals surface area contributed by atoms with Crippen LogP contribution in [-0.4, -0.2) is 70.4 Å². The molecule has 2 aromatic rings. The van der Waals surface area contributed by atoms with Crippen molar-refractivity contribution in [3.05, 3.63) is 48.0 Å². The molecule has 0 spiro atoms. The quantitative estimate of drug-likeness (QED) is 0.747. The number of ether oxygens (including phenoxy) is 1. The Kier molecular flexibility index (Phi) is 6.35. The molecule has 0 unspecified atom stereocenters. The number of carbonyl (C=O) groups excluding carboxylic acids is 1. The molecule has 0 saturated carbocycles. The molecule has 0 aromatic carbocycles. The molecule has 0 N–H and O–H groups in total. The van der Waals surface area contributed by atoms with Gasteiger partial charge in [-0.3, -0.25) is 19.4 Å². The summed E-state index contributed by atoms with van der Waals surface area (Å²) < 4.78 is 7.26. The van der Waals surface area contributed by atoms with Gasteiger partial charge in [-0.15, -0.1) is 0 Å². The molecule has 0 aliphatic carbocycles. The van der Waals surface area contributed by atoms with E-state index in [0.29, 0.717) is 13.2 Å². The van der Waals surface area contributed by atoms with E-state index in [9.17, 15) is 4.79 Å². The second-order valence-corrected chi connectivity index (χ2v) is 6.72. The molecule has 1 saturated heterocycles. The maximum Gasteiger partial charge on any atom is 0.244 e. The van der Waals surface area contributed by atoms with E-state index in [1.807, 2.05) is 43.5 Å². The fourth-order valence-electron chi connectivity index (χ4n) is 3.32. The number of nitrogens with zero attached hydrogens (tertiary/aromatic N) is 5. The van der Waals surface area contributed by atoms with E-state index in [-0.39, 0.29) is 11.9 Å². The van der Waals surface area contributed by atoms with Gasteiger partial charge in [0.25, 0.3) is 0 Å². The first-order valence-corrected chi connectivity index (χ1v) is 9.09. The van der Waals surface area contributed by atoms with Crippen LogP contribution >= 0.6 is 0 Å². The smallest absolute Gasteiger partial charge is 0.244 e. The summed E-state index contributed by atoms with van der Waals surface area (Å²) in [6.45, 7) is 3.56. The Morgan fingerprint density at radius 3 is 2.81 bits per heavy atom. The zero-order chi connectivity index (χ0) is 18.4. The number of rotatable bonds is 7. The fraction of sp³-hybridized carbons (Fsp3) is 0.526. The summed E-state index contributed by atoms with van der Waals surface area (Å²) in [5.41, 5.74) is 2.14. The van der Waals surface area contributed by atoms with Gasteiger partial charge in [0.05, 0.1) is 19.4 Å². The van der Waals surface area contributed by atoms with E-state index in [2.05, 4.69) is 15.0 Å². The molecule has 140 valence electrons. The van der Waals surface area contributed by atoms with Gasteiger partial charge in [0.15, 0.2) is 0 Å². The van der Waals surface area contributed by atoms with Gasteiger partial charge in [-0.2, -0.15) is 5.10 Å². The Morgan fingerprint density at radius 1 is 1.35 bits per heavy atom. The largest absolute Gasteiger partial charge is 0.379 e. The highest BCUT2D eigenvalue weighted by molar-refractivity contribution is 5.83. The van der Waals surface area contributed by atoms with Crippen molar-refractivity contribution in [1.29, 1.82) is 0 Å². The van der Waals surface area contributed by atoms with Crippen LogP contribution in [0.5, 0.6) is 0 Å². The summed E-state index contributed by atoms with van der Waals surface area (Å²) in [5.74, 6) is 0.117. The molecule has 7 heteroatoms. The van der Waals surface area contributed by atoms with Crippen LogP contribution in [-0.2, 0) is 23.0 Å². The van der Waals surface area contributed by atoms with Crippen molar-refractivity contribution in [2.24, 2.45) is 7.05 Å². The molecule has 1 fully saturated rings. The van der Waals surface area contributed by atoms with E-state index in [1.165, 1.54) is 5.56 Å². The minimum absolute atomic E-state index is 0.117. The van der Waals surface area contributed by atoms with E-state index >= 15 is 0 Å². The summed E-state index contributed by atoms with van der Waals surface area (Å²) >= 11 is 0. The molecule has 7 nitrogen and oxygen atoms in total. The summed E-state index contributed by atoms with van der Waals surface area (Å²) in [6, 6.07) is 3.57. The Morgan fingerprint density at radius 2 is 2.15 bits per heavy atom. The van der Waals surface area contributed by atoms with Crippen molar-refractivity contribution in [2.45, 2.75) is 18.9 Å². The number of likely N-dealkylation sites (N-methyl/N-ethyl adjacent to an activating group) is 1. The van der Waals surface area contributed by atoms with Gasteiger partial charge in [-0.1, -0.05) is 6.07 Å². The Labute approximate surface area is 154 Å². The van der Waals surface area contributed by atoms with Crippen LogP contribution in [0.25, 0.3) is 0 Å². The second kappa shape index (κ2) is 8.91. The van der Waals surface area contributed by atoms with E-state index in [0.717, 1.165) is 38.0 Å². The minimum atomic E-state index is -0.295. The maximum absolute atomic E-state index is 13.2. The number of aryl methyl sites for hydroxylation is 2. The van der Waals surface area contributed by atoms with Crippen LogP contribution in [0, 0.1) is 0 Å². The topological polar surface area (TPSA) is 63.5 Å². The van der Waals surface area contributed by atoms with E-state index in [1.54, 1.807) is 17.1 Å². The number of pyridine rings is 1. The summed E-state index contributed by atoms with van der Waals surface area (Å²) in [4.78, 5) is 21.4. The third-order valence-corrected chi connectivity index (χ3v) is 4.74. The second-order valence-electron chi connectivity index (χ2n) is 6.72. The summed E-state index contributed by atoms with van der Waals surface area (Å²) in [6.07, 6.45) is 9.27. The van der Waals surface area contributed by atoms with Gasteiger partial charge in [0.2, 0.25) is 5.91 Å². The van der Waals surface area contributed by atoms with Crippen LogP contribution < -0.4 is 0 Å². The summed E-state index contributed by atoms with van der Waals surface area (Å²) in [7, 11) is 3.80. The molecule has 3 heterocycles. The van der Waals surface area contributed by atoms with Crippen molar-refractivity contribution in [3.63, 3.8) is 0 Å². The zero-order valence-electron chi connectivity index (χ0n) is 15.5. The van der Waals surface area contributed by atoms with Crippen molar-refractivity contribution >= 4 is 5.91 Å². The first-order valence-electron chi connectivity index (χ1n) is 9.09. The molecule has 1 amide bonds. The summed E-state index contributed by atoms with van der Waals surface area (Å²) in [5, 5.41) is 4.19. The fourth-order valence-corrected chi connectivity index (χ4v) is 3.32. The maximum atomic E-state index is 13.2. The predicted octanol–water partition coefficient (Wildman–Crippen LogP) is 1.28. The predicted molar refractivity (Wildman–Crippen MR) is 98.5 cm³/mol. The van der Waals surface area contributed by atoms with Crippen LogP contribution in [0.15, 0.2) is 36.9 Å². The lowest BCUT2D eigenvalue weighted by atomic mass is 10.0. The highest BCUT2D eigenvalue weighted by Gasteiger charge is 2.31. The van der Waals surface area contributed by atoms with Gasteiger partial charge in [0.1, 0.15) is 6.04 Å². The van der Waals surface area contributed by atoms with Crippen molar-refractivity contribution < 1.29 is 9.53 Å². The number of hydrogen-bond donors (Lipinski definition) is 0. The lowest BCUT2D eigenvalue weighted by molar-refractivity contribution is -0.137. The number of amides is 1. The van der Waals surface area contributed by atoms with Crippen LogP contribution in [0.4, 0.5) is 0 Å². The van der Waals surface area contributed by atoms with Crippen molar-refractivity contribution in [3.8, 4) is 0 Å². The molecule has 3 rings (SSSR count). The van der Waals surface area contributed by atoms with Crippen molar-refractivity contribution in [1.82, 2.24) is 24.6 Å². The Bertz CT molecular complexity index is 697. The third-order valence-electron chi connectivity index (χ3n) is 4.74. The molecule has 26 heavy (non-hydrogen) atoms. The number of aromatic nitrogens is 3. The first-order chi connectivity index (χ1) is 12.6. The monoisotopic (exact) mass is 357 g/mol. The lowest BCUT2D eigenvalue weighted by Gasteiger charge is -2.35. The Hall–Kier alpha value is -2.25. The number of hydrogen-bond acceptors (Lipinski definition) is 5. The normalized spacial score (nSPS) is 16.4. The van der Waals surface area contributed by atoms with Gasteiger partial charge in [-0.05, 0) is 30.0 Å². The first kappa shape index (κ1) is 18.5. The molecule has 1 atom stereocenters. The molecule has 1 aliphatic heterocycles. The van der Waals surface area contributed by atoms with Crippen LogP contribution in [0.1, 0.15) is 23.6 Å². The van der Waals surface area contributed by atoms with E-state index < -0.39 is 0 Å². The van der Waals surface area contributed by atoms with Crippen molar-refractivity contribution in [2.75, 3.05) is 39.9 Å². The standard InChI is InChI=1S/C19H27N5O2/c1-22(8-4-5-16-13-21-23(2)15-16)19(25)18(17-6-3-7-20-14-17)24-9-11-26-12-10-24/h3,6-7,13-15,18H,4-5,8-12H2,1-2H3/t18-/m1/s1. The molecule has 0 radical (unpaired) electrons.